The first-order chi connectivity index (χ1) is 17.4. The predicted octanol–water partition coefficient (Wildman–Crippen LogP) is 7.21. The van der Waals surface area contributed by atoms with E-state index in [1.807, 2.05) is 47.4 Å². The molecular formula is C30H31Cl2N3O. The molecule has 0 radical (unpaired) electrons. The minimum Gasteiger partial charge on any atom is -0.371 e. The number of para-hydroxylation sites is 1. The zero-order valence-electron chi connectivity index (χ0n) is 20.8. The second-order valence-electron chi connectivity index (χ2n) is 9.61. The first-order valence-corrected chi connectivity index (χ1v) is 13.3. The number of aryl methyl sites for hydroxylation is 2. The van der Waals surface area contributed by atoms with Crippen molar-refractivity contribution in [3.63, 3.8) is 0 Å². The number of benzene rings is 3. The molecule has 1 aliphatic rings. The maximum atomic E-state index is 13.3. The highest BCUT2D eigenvalue weighted by atomic mass is 35.5. The molecule has 2 heterocycles. The summed E-state index contributed by atoms with van der Waals surface area (Å²) in [5.41, 5.74) is 5.69. The van der Waals surface area contributed by atoms with Gasteiger partial charge < -0.3 is 14.4 Å². The lowest BCUT2D eigenvalue weighted by Crippen LogP contribution is -2.45. The van der Waals surface area contributed by atoms with Crippen LogP contribution in [0.3, 0.4) is 0 Å². The van der Waals surface area contributed by atoms with Crippen molar-refractivity contribution in [3.05, 3.63) is 88.4 Å². The van der Waals surface area contributed by atoms with E-state index in [1.165, 1.54) is 5.69 Å². The number of hydrogen-bond acceptors (Lipinski definition) is 2. The van der Waals surface area contributed by atoms with Crippen LogP contribution in [0.4, 0.5) is 5.69 Å². The number of piperidine rings is 1. The third-order valence-electron chi connectivity index (χ3n) is 7.50. The number of nitrogens with zero attached hydrogens (tertiary/aromatic N) is 3. The topological polar surface area (TPSA) is 28.5 Å². The Morgan fingerprint density at radius 2 is 1.61 bits per heavy atom. The molecule has 36 heavy (non-hydrogen) atoms. The number of anilines is 1. The van der Waals surface area contributed by atoms with E-state index < -0.39 is 0 Å². The van der Waals surface area contributed by atoms with Gasteiger partial charge in [0.1, 0.15) is 0 Å². The Balaban J connectivity index is 1.31. The summed E-state index contributed by atoms with van der Waals surface area (Å²) in [6.07, 6.45) is 3.11. The molecule has 0 bridgehead atoms. The van der Waals surface area contributed by atoms with Gasteiger partial charge >= 0.3 is 0 Å². The molecule has 1 aromatic heterocycles. The van der Waals surface area contributed by atoms with Gasteiger partial charge in [-0.1, -0.05) is 53.5 Å². The molecule has 0 saturated carbocycles. The van der Waals surface area contributed by atoms with Crippen LogP contribution in [0.2, 0.25) is 10.0 Å². The van der Waals surface area contributed by atoms with Crippen LogP contribution in [0.15, 0.2) is 72.8 Å². The van der Waals surface area contributed by atoms with Crippen molar-refractivity contribution in [3.8, 4) is 11.3 Å². The molecule has 1 amide bonds. The van der Waals surface area contributed by atoms with E-state index in [1.54, 1.807) is 0 Å². The molecule has 0 aliphatic carbocycles. The van der Waals surface area contributed by atoms with E-state index in [9.17, 15) is 4.79 Å². The highest BCUT2D eigenvalue weighted by molar-refractivity contribution is 6.31. The van der Waals surface area contributed by atoms with Gasteiger partial charge in [-0.15, -0.1) is 0 Å². The van der Waals surface area contributed by atoms with Gasteiger partial charge in [-0.25, -0.2) is 0 Å². The molecule has 1 fully saturated rings. The Morgan fingerprint density at radius 3 is 2.31 bits per heavy atom. The number of aromatic nitrogens is 1. The lowest BCUT2D eigenvalue weighted by atomic mass is 9.99. The monoisotopic (exact) mass is 519 g/mol. The molecule has 4 aromatic rings. The van der Waals surface area contributed by atoms with Crippen molar-refractivity contribution >= 4 is 45.7 Å². The van der Waals surface area contributed by atoms with Gasteiger partial charge in [-0.3, -0.25) is 4.79 Å². The first-order valence-electron chi connectivity index (χ1n) is 12.5. The van der Waals surface area contributed by atoms with E-state index in [4.69, 9.17) is 23.2 Å². The van der Waals surface area contributed by atoms with E-state index in [0.29, 0.717) is 28.9 Å². The standard InChI is InChI=1S/C30H31Cl2N3O/c1-33(24-6-4-3-5-7-24)25-16-18-35(19-17-25)29(36)15-13-26-27-20-23(32)12-14-28(27)34(2)30(26)21-8-10-22(31)11-9-21/h3-12,14,20,25H,13,15-19H2,1-2H3. The molecule has 0 N–H and O–H groups in total. The summed E-state index contributed by atoms with van der Waals surface area (Å²) < 4.78 is 2.19. The molecule has 0 atom stereocenters. The Kier molecular flexibility index (Phi) is 7.27. The molecule has 1 saturated heterocycles. The maximum absolute atomic E-state index is 13.3. The quantitative estimate of drug-likeness (QED) is 0.269. The molecule has 186 valence electrons. The number of carbonyl (C=O) groups excluding carboxylic acids is 1. The third-order valence-corrected chi connectivity index (χ3v) is 7.99. The molecule has 1 aliphatic heterocycles. The number of likely N-dealkylation sites (tertiary alicyclic amines) is 1. The number of carbonyl (C=O) groups is 1. The number of fused-ring (bicyclic) bond motifs is 1. The normalized spacial score (nSPS) is 14.4. The average molecular weight is 521 g/mol. The fraction of sp³-hybridized carbons (Fsp3) is 0.300. The molecule has 3 aromatic carbocycles. The highest BCUT2D eigenvalue weighted by Gasteiger charge is 2.26. The van der Waals surface area contributed by atoms with Gasteiger partial charge in [0, 0.05) is 66.3 Å². The van der Waals surface area contributed by atoms with Crippen LogP contribution in [0, 0.1) is 0 Å². The Morgan fingerprint density at radius 1 is 0.944 bits per heavy atom. The van der Waals surface area contributed by atoms with Gasteiger partial charge in [0.05, 0.1) is 5.69 Å². The third kappa shape index (κ3) is 4.98. The fourth-order valence-corrected chi connectivity index (χ4v) is 5.79. The zero-order chi connectivity index (χ0) is 25.2. The molecule has 0 spiro atoms. The van der Waals surface area contributed by atoms with E-state index in [-0.39, 0.29) is 5.91 Å². The zero-order valence-corrected chi connectivity index (χ0v) is 22.3. The molecule has 5 rings (SSSR count). The van der Waals surface area contributed by atoms with Gasteiger partial charge in [0.15, 0.2) is 0 Å². The van der Waals surface area contributed by atoms with Crippen LogP contribution in [-0.4, -0.2) is 41.6 Å². The SMILES string of the molecule is CN(c1ccccc1)C1CCN(C(=O)CCc2c(-c3ccc(Cl)cc3)n(C)c3ccc(Cl)cc23)CC1. The predicted molar refractivity (Wildman–Crippen MR) is 151 cm³/mol. The van der Waals surface area contributed by atoms with Gasteiger partial charge in [-0.2, -0.15) is 0 Å². The minimum atomic E-state index is 0.219. The van der Waals surface area contributed by atoms with Crippen molar-refractivity contribution < 1.29 is 4.79 Å². The van der Waals surface area contributed by atoms with Crippen molar-refractivity contribution in [1.82, 2.24) is 9.47 Å². The number of amides is 1. The van der Waals surface area contributed by atoms with Crippen LogP contribution >= 0.6 is 23.2 Å². The Hall–Kier alpha value is -2.95. The lowest BCUT2D eigenvalue weighted by molar-refractivity contribution is -0.132. The van der Waals surface area contributed by atoms with Crippen LogP contribution < -0.4 is 4.90 Å². The smallest absolute Gasteiger partial charge is 0.222 e. The van der Waals surface area contributed by atoms with Crippen LogP contribution in [-0.2, 0) is 18.3 Å². The maximum Gasteiger partial charge on any atom is 0.222 e. The van der Waals surface area contributed by atoms with Crippen molar-refractivity contribution in [2.24, 2.45) is 7.05 Å². The number of halogens is 2. The summed E-state index contributed by atoms with van der Waals surface area (Å²) in [5.74, 6) is 0.219. The summed E-state index contributed by atoms with van der Waals surface area (Å²) in [6, 6.07) is 24.8. The summed E-state index contributed by atoms with van der Waals surface area (Å²) in [4.78, 5) is 17.7. The van der Waals surface area contributed by atoms with E-state index in [2.05, 4.69) is 53.9 Å². The number of rotatable bonds is 6. The van der Waals surface area contributed by atoms with Gasteiger partial charge in [0.2, 0.25) is 5.91 Å². The second-order valence-corrected chi connectivity index (χ2v) is 10.5. The molecule has 6 heteroatoms. The first kappa shape index (κ1) is 24.7. The molecule has 4 nitrogen and oxygen atoms in total. The van der Waals surface area contributed by atoms with Crippen molar-refractivity contribution in [2.45, 2.75) is 31.7 Å². The highest BCUT2D eigenvalue weighted by Crippen LogP contribution is 2.36. The number of hydrogen-bond donors (Lipinski definition) is 0. The van der Waals surface area contributed by atoms with Gasteiger partial charge in [-0.05, 0) is 72.9 Å². The molecule has 0 unspecified atom stereocenters. The van der Waals surface area contributed by atoms with Crippen LogP contribution in [0.25, 0.3) is 22.2 Å². The summed E-state index contributed by atoms with van der Waals surface area (Å²) in [6.45, 7) is 1.60. The van der Waals surface area contributed by atoms with Crippen molar-refractivity contribution in [1.29, 1.82) is 0 Å². The summed E-state index contributed by atoms with van der Waals surface area (Å²) in [7, 11) is 4.22. The second kappa shape index (κ2) is 10.6. The summed E-state index contributed by atoms with van der Waals surface area (Å²) in [5, 5.41) is 2.51. The van der Waals surface area contributed by atoms with Gasteiger partial charge in [0.25, 0.3) is 0 Å². The van der Waals surface area contributed by atoms with E-state index in [0.717, 1.165) is 53.7 Å². The fourth-order valence-electron chi connectivity index (χ4n) is 5.49. The average Bonchev–Trinajstić information content (AvgIpc) is 3.18. The van der Waals surface area contributed by atoms with Crippen LogP contribution in [0.5, 0.6) is 0 Å². The Labute approximate surface area is 223 Å². The summed E-state index contributed by atoms with van der Waals surface area (Å²) >= 11 is 12.5. The molecular weight excluding hydrogens is 489 g/mol. The van der Waals surface area contributed by atoms with Crippen molar-refractivity contribution in [2.75, 3.05) is 25.0 Å². The largest absolute Gasteiger partial charge is 0.371 e. The lowest BCUT2D eigenvalue weighted by Gasteiger charge is -2.38. The Bertz CT molecular complexity index is 1360. The minimum absolute atomic E-state index is 0.219. The van der Waals surface area contributed by atoms with E-state index >= 15 is 0 Å². The van der Waals surface area contributed by atoms with Crippen LogP contribution in [0.1, 0.15) is 24.8 Å².